The highest BCUT2D eigenvalue weighted by molar-refractivity contribution is 8.77. The van der Waals surface area contributed by atoms with Gasteiger partial charge in [0, 0.05) is 154 Å². The first-order chi connectivity index (χ1) is 55.1. The van der Waals surface area contributed by atoms with Crippen molar-refractivity contribution in [3.05, 3.63) is 156 Å². The highest BCUT2D eigenvalue weighted by atomic mass is 35.5. The molecule has 0 saturated carbocycles. The number of amides is 3. The average Bonchev–Trinajstić information content (AvgIpc) is 0.816. The fourth-order valence-electron chi connectivity index (χ4n) is 8.94. The Balaban J connectivity index is 0.000000529. The van der Waals surface area contributed by atoms with Crippen LogP contribution in [0.25, 0.3) is 0 Å². The minimum Gasteiger partial charge on any atom is -0.503 e. The number of phenolic OH excluding ortho intramolecular Hbond substituents is 2. The number of carbonyl (C=O) groups excluding carboxylic acids is 3. The maximum Gasteiger partial charge on any atom is 0.433 e. The van der Waals surface area contributed by atoms with E-state index in [0.29, 0.717) is 101 Å². The SMILES string of the molecule is C=NN(C)C(=O)OCCSSCCCc1c(F)c(F)c(O)c(F)c1F.CCCN(N=O)C(=O)OCCSSCCCc1c(F)c(F)c(O)c(F)c1F.Cc1c(F)c(F)c(CCCSSCCOC(=O)Nc2ccc(N(CCCl)CCCl)cc2)c(F)c1F.Cc1c(F)c(F)c(CCCSSCCOP(N)(=O)N(CCCl)CCCl)c(F)c1F. The molecule has 0 heterocycles. The number of anilines is 2. The number of phenols is 2. The van der Waals surface area contributed by atoms with Gasteiger partial charge in [-0.1, -0.05) is 93.3 Å². The van der Waals surface area contributed by atoms with Crippen molar-refractivity contribution in [2.75, 3.05) is 146 Å². The molecule has 0 spiro atoms. The van der Waals surface area contributed by atoms with E-state index in [9.17, 15) is 94.1 Å². The summed E-state index contributed by atoms with van der Waals surface area (Å²) in [5, 5.41) is 28.0. The molecule has 116 heavy (non-hydrogen) atoms. The molecule has 19 nitrogen and oxygen atoms in total. The summed E-state index contributed by atoms with van der Waals surface area (Å²) < 4.78 is 251. The van der Waals surface area contributed by atoms with Crippen molar-refractivity contribution in [2.45, 2.75) is 78.6 Å². The van der Waals surface area contributed by atoms with Crippen LogP contribution in [0.1, 0.15) is 72.4 Å². The lowest BCUT2D eigenvalue weighted by molar-refractivity contribution is 0.108. The van der Waals surface area contributed by atoms with Crippen molar-refractivity contribution in [1.82, 2.24) is 14.7 Å². The predicted octanol–water partition coefficient (Wildman–Crippen LogP) is 21.9. The lowest BCUT2D eigenvalue weighted by atomic mass is 10.0. The number of carbonyl (C=O) groups is 3. The highest BCUT2D eigenvalue weighted by Gasteiger charge is 2.30. The van der Waals surface area contributed by atoms with E-state index >= 15 is 0 Å². The molecule has 48 heteroatoms. The molecule has 0 aromatic heterocycles. The molecule has 1 unspecified atom stereocenters. The molecular weight excluding hydrogens is 1840 g/mol. The minimum atomic E-state index is -3.47. The van der Waals surface area contributed by atoms with E-state index in [1.165, 1.54) is 98.1 Å². The number of nitrogens with two attached hydrogens (primary N) is 1. The summed E-state index contributed by atoms with van der Waals surface area (Å²) in [5.41, 5.74) is 3.29. The van der Waals surface area contributed by atoms with E-state index in [1.54, 1.807) is 19.1 Å². The summed E-state index contributed by atoms with van der Waals surface area (Å²) in [4.78, 5) is 47.1. The average molecular weight is 1920 g/mol. The van der Waals surface area contributed by atoms with Gasteiger partial charge in [0.1, 0.15) is 19.8 Å². The van der Waals surface area contributed by atoms with Gasteiger partial charge in [0.15, 0.2) is 81.3 Å². The summed E-state index contributed by atoms with van der Waals surface area (Å²) in [7, 11) is 8.89. The Morgan fingerprint density at radius 3 is 1.10 bits per heavy atom. The molecule has 0 bridgehead atoms. The van der Waals surface area contributed by atoms with E-state index in [2.05, 4.69) is 22.4 Å². The Morgan fingerprint density at radius 2 is 0.784 bits per heavy atom. The zero-order valence-electron chi connectivity index (χ0n) is 62.3. The number of hydrogen-bond acceptors (Lipinski definition) is 22. The Kier molecular flexibility index (Phi) is 55.0. The third-order valence-electron chi connectivity index (χ3n) is 14.9. The number of hydrogen-bond donors (Lipinski definition) is 4. The second-order valence-electron chi connectivity index (χ2n) is 22.9. The van der Waals surface area contributed by atoms with Gasteiger partial charge in [0.25, 0.3) is 0 Å². The standard InChI is InChI=1S/C23H26Cl2F4N2O2S2.C16H23Cl2F4N2O2PS2.C15H18F4N2O4S2.C14H16F4N2O3S2/c1-15-19(26)21(28)18(22(29)20(15)27)3-2-13-34-35-14-12-33-23(32)30-16-4-6-17(7-5-16)31(10-8-24)11-9-25;1-11-13(19)15(21)12(16(22)14(11)20)3-2-9-28-29-10-8-26-27(23,25)24(6-4-17)7-5-18;1-2-5-21(20-24)15(23)25-6-8-27-26-7-3-4-9-10(16)12(18)14(22)13(19)11(9)17;1-19-20(2)14(22)23-5-7-25-24-6-3-4-8-9(15)11(17)13(21)12(18)10(8)16/h4-7H,2-3,8-14H2,1H3,(H,30,32);2-10H2,1H3,(H2,23,25);22H,2-8H2,1H3;21H,1,3-7H2,2H3. The van der Waals surface area contributed by atoms with Gasteiger partial charge < -0.3 is 33.8 Å². The molecule has 0 aliphatic carbocycles. The highest BCUT2D eigenvalue weighted by Crippen LogP contribution is 2.43. The number of aromatic hydroxyl groups is 2. The van der Waals surface area contributed by atoms with Crippen LogP contribution in [0.4, 0.5) is 96.0 Å². The zero-order valence-corrected chi connectivity index (χ0v) is 72.8. The summed E-state index contributed by atoms with van der Waals surface area (Å²) in [6, 6.07) is 7.23. The van der Waals surface area contributed by atoms with Crippen LogP contribution >= 0.6 is 140 Å². The number of nitroso groups, excluding NO2 is 1. The summed E-state index contributed by atoms with van der Waals surface area (Å²) in [6.07, 6.45) is -1.06. The summed E-state index contributed by atoms with van der Waals surface area (Å²) in [5.74, 6) is -22.5. The second kappa shape index (κ2) is 59.3. The molecule has 654 valence electrons. The van der Waals surface area contributed by atoms with Crippen LogP contribution in [-0.2, 0) is 49.0 Å². The fourth-order valence-corrected chi connectivity index (χ4v) is 19.0. The Labute approximate surface area is 711 Å². The van der Waals surface area contributed by atoms with Crippen LogP contribution in [-0.4, -0.2) is 186 Å². The maximum atomic E-state index is 13.9. The molecule has 1 atom stereocenters. The van der Waals surface area contributed by atoms with Crippen molar-refractivity contribution in [1.29, 1.82) is 0 Å². The number of hydrazone groups is 1. The number of nitrogens with zero attached hydrogens (tertiary/aromatic N) is 6. The first-order valence-corrected chi connectivity index (χ1v) is 48.0. The van der Waals surface area contributed by atoms with E-state index in [4.69, 9.17) is 80.9 Å². The van der Waals surface area contributed by atoms with Crippen molar-refractivity contribution in [3.63, 3.8) is 0 Å². The quantitative estimate of drug-likeness (QED) is 0.00270. The third kappa shape index (κ3) is 36.7. The predicted molar refractivity (Wildman–Crippen MR) is 439 cm³/mol. The first kappa shape index (κ1) is 108. The van der Waals surface area contributed by atoms with Crippen LogP contribution in [0, 0.1) is 112 Å². The normalized spacial score (nSPS) is 11.5. The minimum absolute atomic E-state index is 0.0455. The van der Waals surface area contributed by atoms with Crippen LogP contribution in [0.5, 0.6) is 11.5 Å². The molecule has 0 aliphatic heterocycles. The fraction of sp³-hybridized carbons (Fsp3) is 0.500. The van der Waals surface area contributed by atoms with Crippen LogP contribution in [0.15, 0.2) is 34.7 Å². The topological polar surface area (TPSA) is 238 Å². The number of ether oxygens (including phenoxy) is 3. The third-order valence-corrected chi connectivity index (χ3v) is 27.1. The van der Waals surface area contributed by atoms with Gasteiger partial charge in [-0.25, -0.2) is 82.3 Å². The van der Waals surface area contributed by atoms with Gasteiger partial charge in [-0.2, -0.15) is 27.7 Å². The number of nitrogens with one attached hydrogen (secondary N) is 1. The zero-order chi connectivity index (χ0) is 87.2. The summed E-state index contributed by atoms with van der Waals surface area (Å²) >= 11 is 22.9. The molecule has 0 saturated heterocycles. The van der Waals surface area contributed by atoms with Crippen molar-refractivity contribution in [3.8, 4) is 11.5 Å². The molecule has 0 aliphatic rings. The lowest BCUT2D eigenvalue weighted by Gasteiger charge is -2.26. The van der Waals surface area contributed by atoms with Crippen LogP contribution in [0.2, 0.25) is 0 Å². The Morgan fingerprint density at radius 1 is 0.474 bits per heavy atom. The number of alkyl halides is 4. The van der Waals surface area contributed by atoms with E-state index in [1.807, 2.05) is 17.0 Å². The van der Waals surface area contributed by atoms with Gasteiger partial charge in [-0.05, 0) is 95.9 Å². The second-order valence-corrected chi connectivity index (χ2v) is 37.1. The monoisotopic (exact) mass is 1920 g/mol. The summed E-state index contributed by atoms with van der Waals surface area (Å²) in [6.45, 7) is 9.47. The van der Waals surface area contributed by atoms with E-state index in [0.717, 1.165) is 24.5 Å². The molecular formula is C68H83Cl4F16N8O11PS8. The smallest absolute Gasteiger partial charge is 0.433 e. The molecule has 5 aromatic rings. The number of benzene rings is 5. The van der Waals surface area contributed by atoms with Gasteiger partial charge in [0.05, 0.1) is 18.4 Å². The molecule has 3 amide bonds. The molecule has 5 rings (SSSR count). The van der Waals surface area contributed by atoms with Gasteiger partial charge in [0.2, 0.25) is 23.3 Å². The molecule has 0 fully saturated rings. The maximum absolute atomic E-state index is 13.9. The molecule has 0 radical (unpaired) electrons. The van der Waals surface area contributed by atoms with Crippen molar-refractivity contribution >= 4 is 177 Å². The lowest BCUT2D eigenvalue weighted by Crippen LogP contribution is -2.29. The largest absolute Gasteiger partial charge is 0.503 e. The van der Waals surface area contributed by atoms with Gasteiger partial charge in [-0.15, -0.1) is 51.3 Å². The van der Waals surface area contributed by atoms with Crippen molar-refractivity contribution in [2.24, 2.45) is 15.9 Å². The molecule has 5 N–H and O–H groups in total. The Bertz CT molecular complexity index is 3850. The van der Waals surface area contributed by atoms with E-state index < -0.39 is 164 Å². The van der Waals surface area contributed by atoms with Crippen molar-refractivity contribution < 1.29 is 118 Å². The van der Waals surface area contributed by atoms with Crippen LogP contribution < -0.4 is 15.7 Å². The number of rotatable bonds is 48. The van der Waals surface area contributed by atoms with E-state index in [-0.39, 0.29) is 96.3 Å². The molecule has 5 aromatic carbocycles. The Hall–Kier alpha value is -4.47. The van der Waals surface area contributed by atoms with Gasteiger partial charge >= 0.3 is 25.9 Å². The van der Waals surface area contributed by atoms with Crippen LogP contribution in [0.3, 0.4) is 0 Å². The number of halogens is 20. The first-order valence-electron chi connectivity index (χ1n) is 34.3. The van der Waals surface area contributed by atoms with Gasteiger partial charge in [-0.3, -0.25) is 9.88 Å².